The van der Waals surface area contributed by atoms with Crippen molar-refractivity contribution in [2.75, 3.05) is 6.54 Å². The van der Waals surface area contributed by atoms with Crippen molar-refractivity contribution in [3.63, 3.8) is 0 Å². The molecular weight excluding hydrogens is 450 g/mol. The van der Waals surface area contributed by atoms with Gasteiger partial charge in [-0.1, -0.05) is 24.4 Å². The third kappa shape index (κ3) is 4.36. The van der Waals surface area contributed by atoms with Crippen molar-refractivity contribution < 1.29 is 24.1 Å². The van der Waals surface area contributed by atoms with Crippen LogP contribution >= 0.6 is 11.6 Å². The number of non-ortho nitro benzene ring substituents is 1. The third-order valence-corrected chi connectivity index (χ3v) is 6.33. The van der Waals surface area contributed by atoms with Gasteiger partial charge in [0.15, 0.2) is 5.78 Å². The highest BCUT2D eigenvalue weighted by atomic mass is 35.5. The Hall–Kier alpha value is -3.59. The molecule has 10 heteroatoms. The molecule has 0 spiro atoms. The summed E-state index contributed by atoms with van der Waals surface area (Å²) in [5.41, 5.74) is 0.0898. The lowest BCUT2D eigenvalue weighted by Crippen LogP contribution is -2.52. The van der Waals surface area contributed by atoms with E-state index in [4.69, 9.17) is 11.6 Å². The lowest BCUT2D eigenvalue weighted by molar-refractivity contribution is -0.384. The minimum absolute atomic E-state index is 0.117. The molecule has 4 rings (SSSR count). The fourth-order valence-corrected chi connectivity index (χ4v) is 4.48. The summed E-state index contributed by atoms with van der Waals surface area (Å²) in [7, 11) is 0. The molecule has 1 saturated carbocycles. The number of imide groups is 1. The number of carbonyl (C=O) groups is 4. The number of fused-ring (bicyclic) bond motifs is 1. The number of hydrogen-bond donors (Lipinski definition) is 0. The molecule has 0 N–H and O–H groups in total. The second kappa shape index (κ2) is 9.11. The summed E-state index contributed by atoms with van der Waals surface area (Å²) in [6, 6.07) is 10.8. The normalized spacial score (nSPS) is 19.8. The first-order valence-corrected chi connectivity index (χ1v) is 10.9. The number of amides is 3. The number of halogens is 1. The molecule has 0 radical (unpaired) electrons. The van der Waals surface area contributed by atoms with Crippen molar-refractivity contribution in [3.8, 4) is 0 Å². The number of hydrazine groups is 1. The predicted molar refractivity (Wildman–Crippen MR) is 117 cm³/mol. The van der Waals surface area contributed by atoms with Crippen LogP contribution in [0.25, 0.3) is 0 Å². The zero-order chi connectivity index (χ0) is 23.7. The molecule has 2 aliphatic rings. The maximum absolute atomic E-state index is 13.3. The quantitative estimate of drug-likeness (QED) is 0.276. The van der Waals surface area contributed by atoms with E-state index in [9.17, 15) is 29.3 Å². The Kier molecular flexibility index (Phi) is 6.24. The van der Waals surface area contributed by atoms with Gasteiger partial charge < -0.3 is 0 Å². The van der Waals surface area contributed by atoms with Crippen molar-refractivity contribution in [1.82, 2.24) is 10.0 Å². The fourth-order valence-electron chi connectivity index (χ4n) is 4.35. The zero-order valence-corrected chi connectivity index (χ0v) is 18.2. The van der Waals surface area contributed by atoms with Gasteiger partial charge in [-0.25, -0.2) is 5.01 Å². The largest absolute Gasteiger partial charge is 0.292 e. The molecule has 0 unspecified atom stereocenters. The molecule has 2 atom stereocenters. The summed E-state index contributed by atoms with van der Waals surface area (Å²) >= 11 is 5.91. The number of benzene rings is 2. The number of carbonyl (C=O) groups excluding carboxylic acids is 4. The molecule has 0 bridgehead atoms. The van der Waals surface area contributed by atoms with Crippen molar-refractivity contribution in [1.29, 1.82) is 0 Å². The van der Waals surface area contributed by atoms with Crippen LogP contribution < -0.4 is 0 Å². The van der Waals surface area contributed by atoms with Gasteiger partial charge in [-0.15, -0.1) is 0 Å². The first-order valence-electron chi connectivity index (χ1n) is 10.5. The van der Waals surface area contributed by atoms with Gasteiger partial charge >= 0.3 is 0 Å². The first-order chi connectivity index (χ1) is 15.8. The predicted octanol–water partition coefficient (Wildman–Crippen LogP) is 3.66. The fraction of sp³-hybridized carbons (Fsp3) is 0.304. The number of hydrogen-bond acceptors (Lipinski definition) is 6. The van der Waals surface area contributed by atoms with Gasteiger partial charge in [0, 0.05) is 28.3 Å². The van der Waals surface area contributed by atoms with Crippen LogP contribution in [0, 0.1) is 22.0 Å². The maximum atomic E-state index is 13.3. The highest BCUT2D eigenvalue weighted by Crippen LogP contribution is 2.39. The number of nitrogens with zero attached hydrogens (tertiary/aromatic N) is 3. The summed E-state index contributed by atoms with van der Waals surface area (Å²) < 4.78 is 0. The minimum Gasteiger partial charge on any atom is -0.292 e. The van der Waals surface area contributed by atoms with Crippen LogP contribution in [0.1, 0.15) is 46.4 Å². The van der Waals surface area contributed by atoms with E-state index in [1.54, 1.807) is 0 Å². The molecule has 0 aromatic heterocycles. The van der Waals surface area contributed by atoms with Gasteiger partial charge in [-0.3, -0.25) is 29.3 Å². The van der Waals surface area contributed by atoms with E-state index in [2.05, 4.69) is 0 Å². The molecule has 2 fully saturated rings. The molecule has 33 heavy (non-hydrogen) atoms. The van der Waals surface area contributed by atoms with Crippen molar-refractivity contribution >= 4 is 40.8 Å². The Morgan fingerprint density at radius 1 is 0.939 bits per heavy atom. The number of ketones is 1. The number of rotatable bonds is 6. The number of nitro groups is 1. The van der Waals surface area contributed by atoms with Gasteiger partial charge in [0.2, 0.25) is 0 Å². The second-order valence-corrected chi connectivity index (χ2v) is 8.52. The van der Waals surface area contributed by atoms with Crippen LogP contribution in [0.2, 0.25) is 5.02 Å². The Morgan fingerprint density at radius 2 is 1.45 bits per heavy atom. The second-order valence-electron chi connectivity index (χ2n) is 8.08. The molecule has 9 nitrogen and oxygen atoms in total. The number of Topliss-reactive ketones (excluding diaryl/α,β-unsaturated/α-hetero) is 1. The first kappa shape index (κ1) is 22.6. The van der Waals surface area contributed by atoms with Crippen LogP contribution in [0.4, 0.5) is 5.69 Å². The van der Waals surface area contributed by atoms with Crippen LogP contribution in [0.3, 0.4) is 0 Å². The molecular formula is C23H20ClN3O6. The van der Waals surface area contributed by atoms with Crippen molar-refractivity contribution in [2.24, 2.45) is 11.8 Å². The van der Waals surface area contributed by atoms with Crippen LogP contribution in [-0.2, 0) is 9.59 Å². The van der Waals surface area contributed by atoms with Gasteiger partial charge in [0.05, 0.1) is 16.8 Å². The Morgan fingerprint density at radius 3 is 1.97 bits per heavy atom. The van der Waals surface area contributed by atoms with Crippen LogP contribution in [0.5, 0.6) is 0 Å². The standard InChI is InChI=1S/C23H20ClN3O6/c24-16-9-5-15(6-10-16)21(29)25(13-20(28)14-7-11-17(12-8-14)27(32)33)26-22(30)18-3-1-2-4-19(18)23(26)31/h5-12,18-19H,1-4,13H2/t18-,19+. The zero-order valence-electron chi connectivity index (χ0n) is 17.5. The molecule has 1 heterocycles. The average molecular weight is 470 g/mol. The molecule has 1 aliphatic carbocycles. The highest BCUT2D eigenvalue weighted by molar-refractivity contribution is 6.30. The van der Waals surface area contributed by atoms with E-state index < -0.39 is 46.8 Å². The molecule has 1 saturated heterocycles. The van der Waals surface area contributed by atoms with Crippen LogP contribution in [0.15, 0.2) is 48.5 Å². The smallest absolute Gasteiger partial charge is 0.273 e. The van der Waals surface area contributed by atoms with E-state index in [-0.39, 0.29) is 16.8 Å². The number of nitro benzene ring substituents is 1. The molecule has 170 valence electrons. The van der Waals surface area contributed by atoms with E-state index in [1.165, 1.54) is 48.5 Å². The summed E-state index contributed by atoms with van der Waals surface area (Å²) in [6.07, 6.45) is 2.76. The van der Waals surface area contributed by atoms with Crippen molar-refractivity contribution in [2.45, 2.75) is 25.7 Å². The van der Waals surface area contributed by atoms with E-state index in [0.29, 0.717) is 17.9 Å². The average Bonchev–Trinajstić information content (AvgIpc) is 3.07. The van der Waals surface area contributed by atoms with Gasteiger partial charge in [-0.2, -0.15) is 5.01 Å². The maximum Gasteiger partial charge on any atom is 0.273 e. The summed E-state index contributed by atoms with van der Waals surface area (Å²) in [5, 5.41) is 13.0. The lowest BCUT2D eigenvalue weighted by atomic mass is 9.81. The lowest BCUT2D eigenvalue weighted by Gasteiger charge is -2.30. The SMILES string of the molecule is O=C(CN(C(=O)c1ccc(Cl)cc1)N1C(=O)[C@H]2CCCC[C@H]2C1=O)c1ccc([N+](=O)[O-])cc1. The van der Waals surface area contributed by atoms with E-state index in [0.717, 1.165) is 22.9 Å². The third-order valence-electron chi connectivity index (χ3n) is 6.08. The van der Waals surface area contributed by atoms with E-state index in [1.807, 2.05) is 0 Å². The summed E-state index contributed by atoms with van der Waals surface area (Å²) in [4.78, 5) is 62.9. The Labute approximate surface area is 194 Å². The molecule has 2 aromatic rings. The van der Waals surface area contributed by atoms with Crippen LogP contribution in [-0.4, -0.2) is 45.0 Å². The van der Waals surface area contributed by atoms with Crippen molar-refractivity contribution in [3.05, 3.63) is 74.8 Å². The molecule has 3 amide bonds. The topological polar surface area (TPSA) is 118 Å². The Bertz CT molecular complexity index is 1110. The summed E-state index contributed by atoms with van der Waals surface area (Å²) in [6.45, 7) is -0.573. The summed E-state index contributed by atoms with van der Waals surface area (Å²) in [5.74, 6) is -3.22. The van der Waals surface area contributed by atoms with Gasteiger partial charge in [-0.05, 0) is 49.2 Å². The minimum atomic E-state index is -0.692. The Balaban J connectivity index is 1.66. The highest BCUT2D eigenvalue weighted by Gasteiger charge is 2.51. The molecule has 2 aromatic carbocycles. The molecule has 1 aliphatic heterocycles. The van der Waals surface area contributed by atoms with E-state index >= 15 is 0 Å². The monoisotopic (exact) mass is 469 g/mol. The van der Waals surface area contributed by atoms with Gasteiger partial charge in [0.25, 0.3) is 23.4 Å². The van der Waals surface area contributed by atoms with Gasteiger partial charge in [0.1, 0.15) is 6.54 Å².